The lowest BCUT2D eigenvalue weighted by atomic mass is 9.95. The molecule has 0 bridgehead atoms. The van der Waals surface area contributed by atoms with Crippen LogP contribution in [0.4, 0.5) is 5.69 Å². The first-order valence-electron chi connectivity index (χ1n) is 9.13. The van der Waals surface area contributed by atoms with Crippen molar-refractivity contribution in [2.45, 2.75) is 6.04 Å². The van der Waals surface area contributed by atoms with Gasteiger partial charge in [0.15, 0.2) is 5.76 Å². The van der Waals surface area contributed by atoms with Crippen LogP contribution >= 0.6 is 11.3 Å². The van der Waals surface area contributed by atoms with Crippen molar-refractivity contribution in [3.05, 3.63) is 100 Å². The first-order valence-corrected chi connectivity index (χ1v) is 10.0. The zero-order chi connectivity index (χ0) is 20.0. The van der Waals surface area contributed by atoms with Crippen molar-refractivity contribution in [1.29, 1.82) is 0 Å². The van der Waals surface area contributed by atoms with E-state index in [0.717, 1.165) is 16.5 Å². The first-order chi connectivity index (χ1) is 14.2. The number of aromatic nitrogens is 1. The molecule has 142 valence electrons. The van der Waals surface area contributed by atoms with Crippen molar-refractivity contribution in [3.63, 3.8) is 0 Å². The van der Waals surface area contributed by atoms with Gasteiger partial charge in [-0.1, -0.05) is 42.5 Å². The molecule has 29 heavy (non-hydrogen) atoms. The number of Topliss-reactive ketones (excluding diaryl/α,β-unsaturated/α-hetero) is 1. The summed E-state index contributed by atoms with van der Waals surface area (Å²) in [6.07, 6.45) is 1.80. The van der Waals surface area contributed by atoms with Gasteiger partial charge >= 0.3 is 0 Å². The number of hydrogen-bond acceptors (Lipinski definition) is 4. The molecule has 5 nitrogen and oxygen atoms in total. The number of nitrogens with one attached hydrogen (secondary N) is 1. The van der Waals surface area contributed by atoms with E-state index in [1.54, 1.807) is 35.8 Å². The Kier molecular flexibility index (Phi) is 4.07. The Morgan fingerprint density at radius 1 is 1.00 bits per heavy atom. The smallest absolute Gasteiger partial charge is 0.294 e. The van der Waals surface area contributed by atoms with Gasteiger partial charge in [0.25, 0.3) is 5.91 Å². The van der Waals surface area contributed by atoms with Crippen molar-refractivity contribution in [1.82, 2.24) is 4.98 Å². The number of nitrogens with zero attached hydrogens (tertiary/aromatic N) is 1. The summed E-state index contributed by atoms with van der Waals surface area (Å²) in [5, 5.41) is 13.5. The number of carbonyl (C=O) groups excluding carboxylic acids is 2. The number of benzene rings is 2. The highest BCUT2D eigenvalue weighted by Crippen LogP contribution is 2.44. The largest absolute Gasteiger partial charge is 0.503 e. The topological polar surface area (TPSA) is 73.4 Å². The van der Waals surface area contributed by atoms with Crippen LogP contribution < -0.4 is 4.90 Å². The molecule has 1 atom stereocenters. The second kappa shape index (κ2) is 6.76. The average molecular weight is 400 g/mol. The van der Waals surface area contributed by atoms with Gasteiger partial charge in [-0.2, -0.15) is 0 Å². The molecule has 0 saturated carbocycles. The van der Waals surface area contributed by atoms with E-state index in [-0.39, 0.29) is 11.4 Å². The molecule has 0 aliphatic carbocycles. The number of amides is 1. The molecule has 5 rings (SSSR count). The van der Waals surface area contributed by atoms with Crippen LogP contribution in [0.15, 0.2) is 89.6 Å². The summed E-state index contributed by atoms with van der Waals surface area (Å²) in [5.41, 5.74) is 2.39. The minimum atomic E-state index is -0.726. The second-order valence-corrected chi connectivity index (χ2v) is 7.72. The summed E-state index contributed by atoms with van der Waals surface area (Å²) in [7, 11) is 0. The summed E-state index contributed by atoms with van der Waals surface area (Å²) < 4.78 is 0. The minimum Gasteiger partial charge on any atom is -0.503 e. The standard InChI is InChI=1S/C23H16N2O3S/c26-21(18-11-6-12-29-18)19-20(16-13-24-17-10-5-4-9-15(16)17)25(23(28)22(19)27)14-7-2-1-3-8-14/h1-13,20,24,27H. The Morgan fingerprint density at radius 3 is 2.52 bits per heavy atom. The Labute approximate surface area is 170 Å². The number of para-hydroxylation sites is 2. The van der Waals surface area contributed by atoms with E-state index in [2.05, 4.69) is 4.98 Å². The van der Waals surface area contributed by atoms with Gasteiger partial charge < -0.3 is 10.1 Å². The molecular formula is C23H16N2O3S. The van der Waals surface area contributed by atoms with Crippen LogP contribution in [0.2, 0.25) is 0 Å². The SMILES string of the molecule is O=C(C1=C(O)C(=O)N(c2ccccc2)C1c1c[nH]c2ccccc12)c1cccs1. The quantitative estimate of drug-likeness (QED) is 0.473. The number of aromatic amines is 1. The van der Waals surface area contributed by atoms with Gasteiger partial charge in [-0.15, -0.1) is 11.3 Å². The third-order valence-corrected chi connectivity index (χ3v) is 6.02. The molecule has 6 heteroatoms. The van der Waals surface area contributed by atoms with Crippen LogP contribution in [-0.2, 0) is 4.79 Å². The van der Waals surface area contributed by atoms with E-state index in [1.807, 2.05) is 42.5 Å². The number of aliphatic hydroxyl groups excluding tert-OH is 1. The van der Waals surface area contributed by atoms with Gasteiger partial charge in [-0.05, 0) is 29.6 Å². The monoisotopic (exact) mass is 400 g/mol. The molecule has 0 spiro atoms. The highest BCUT2D eigenvalue weighted by atomic mass is 32.1. The average Bonchev–Trinajstić information content (AvgIpc) is 3.48. The van der Waals surface area contributed by atoms with Crippen LogP contribution in [0.5, 0.6) is 0 Å². The summed E-state index contributed by atoms with van der Waals surface area (Å²) in [4.78, 5) is 31.6. The van der Waals surface area contributed by atoms with Crippen LogP contribution in [0, 0.1) is 0 Å². The molecule has 3 heterocycles. The fraction of sp³-hybridized carbons (Fsp3) is 0.0435. The molecule has 0 fully saturated rings. The molecule has 2 aromatic heterocycles. The Balaban J connectivity index is 1.74. The van der Waals surface area contributed by atoms with E-state index in [0.29, 0.717) is 10.6 Å². The lowest BCUT2D eigenvalue weighted by molar-refractivity contribution is -0.117. The number of carbonyl (C=O) groups is 2. The van der Waals surface area contributed by atoms with Gasteiger partial charge in [-0.3, -0.25) is 14.5 Å². The lowest BCUT2D eigenvalue weighted by Gasteiger charge is -2.26. The van der Waals surface area contributed by atoms with Gasteiger partial charge in [0.2, 0.25) is 5.78 Å². The van der Waals surface area contributed by atoms with Crippen LogP contribution in [0.25, 0.3) is 10.9 Å². The number of ketones is 1. The third kappa shape index (κ3) is 2.68. The predicted molar refractivity (Wildman–Crippen MR) is 113 cm³/mol. The fourth-order valence-electron chi connectivity index (χ4n) is 3.85. The molecule has 4 aromatic rings. The van der Waals surface area contributed by atoms with Gasteiger partial charge in [-0.25, -0.2) is 0 Å². The van der Waals surface area contributed by atoms with Crippen molar-refractivity contribution < 1.29 is 14.7 Å². The number of fused-ring (bicyclic) bond motifs is 1. The highest BCUT2D eigenvalue weighted by molar-refractivity contribution is 7.12. The fourth-order valence-corrected chi connectivity index (χ4v) is 4.52. The van der Waals surface area contributed by atoms with E-state index in [4.69, 9.17) is 0 Å². The van der Waals surface area contributed by atoms with Crippen molar-refractivity contribution in [2.75, 3.05) is 4.90 Å². The van der Waals surface area contributed by atoms with Crippen LogP contribution in [0.3, 0.4) is 0 Å². The Hall–Kier alpha value is -3.64. The molecule has 2 aromatic carbocycles. The molecular weight excluding hydrogens is 384 g/mol. The molecule has 1 amide bonds. The first kappa shape index (κ1) is 17.5. The maximum atomic E-state index is 13.3. The van der Waals surface area contributed by atoms with E-state index in [9.17, 15) is 14.7 Å². The Morgan fingerprint density at radius 2 is 1.76 bits per heavy atom. The predicted octanol–water partition coefficient (Wildman–Crippen LogP) is 5.01. The molecule has 1 aliphatic heterocycles. The van der Waals surface area contributed by atoms with Gasteiger partial charge in [0, 0.05) is 28.4 Å². The number of rotatable bonds is 4. The summed E-state index contributed by atoms with van der Waals surface area (Å²) >= 11 is 1.29. The minimum absolute atomic E-state index is 0.103. The van der Waals surface area contributed by atoms with Crippen LogP contribution in [0.1, 0.15) is 21.3 Å². The summed E-state index contributed by atoms with van der Waals surface area (Å²) in [6, 6.07) is 19.6. The van der Waals surface area contributed by atoms with E-state index < -0.39 is 17.7 Å². The van der Waals surface area contributed by atoms with Crippen molar-refractivity contribution >= 4 is 39.6 Å². The van der Waals surface area contributed by atoms with Crippen molar-refractivity contribution in [3.8, 4) is 0 Å². The summed E-state index contributed by atoms with van der Waals surface area (Å²) in [6.45, 7) is 0. The summed E-state index contributed by atoms with van der Waals surface area (Å²) in [5.74, 6) is -1.41. The number of aliphatic hydroxyl groups is 1. The van der Waals surface area contributed by atoms with Gasteiger partial charge in [0.05, 0.1) is 16.5 Å². The van der Waals surface area contributed by atoms with E-state index >= 15 is 0 Å². The van der Waals surface area contributed by atoms with Gasteiger partial charge in [0.1, 0.15) is 0 Å². The number of thiophene rings is 1. The number of anilines is 1. The number of H-pyrrole nitrogens is 1. The molecule has 1 aliphatic rings. The highest BCUT2D eigenvalue weighted by Gasteiger charge is 2.45. The van der Waals surface area contributed by atoms with Crippen LogP contribution in [-0.4, -0.2) is 21.8 Å². The van der Waals surface area contributed by atoms with E-state index in [1.165, 1.54) is 16.2 Å². The normalized spacial score (nSPS) is 16.8. The maximum absolute atomic E-state index is 13.3. The number of hydrogen-bond donors (Lipinski definition) is 2. The lowest BCUT2D eigenvalue weighted by Crippen LogP contribution is -2.30. The molecule has 2 N–H and O–H groups in total. The second-order valence-electron chi connectivity index (χ2n) is 6.77. The molecule has 0 saturated heterocycles. The zero-order valence-electron chi connectivity index (χ0n) is 15.2. The Bertz CT molecular complexity index is 1260. The third-order valence-electron chi connectivity index (χ3n) is 5.15. The maximum Gasteiger partial charge on any atom is 0.294 e. The van der Waals surface area contributed by atoms with Crippen molar-refractivity contribution in [2.24, 2.45) is 0 Å². The molecule has 0 radical (unpaired) electrons. The zero-order valence-corrected chi connectivity index (χ0v) is 16.0. The molecule has 1 unspecified atom stereocenters.